The molecule has 1 atom stereocenters. The van der Waals surface area contributed by atoms with Gasteiger partial charge in [0, 0.05) is 19.1 Å². The average Bonchev–Trinajstić information content (AvgIpc) is 2.85. The lowest BCUT2D eigenvalue weighted by molar-refractivity contribution is 0.0948. The van der Waals surface area contributed by atoms with Crippen molar-refractivity contribution in [3.05, 3.63) is 29.6 Å². The van der Waals surface area contributed by atoms with E-state index < -0.39 is 0 Å². The highest BCUT2D eigenvalue weighted by Gasteiger charge is 2.28. The molecular formula is C15H23N5O. The Labute approximate surface area is 125 Å². The molecule has 3 rings (SSSR count). The molecule has 0 radical (unpaired) electrons. The fourth-order valence-electron chi connectivity index (χ4n) is 3.42. The second kappa shape index (κ2) is 6.51. The standard InChI is InChI=1S/C15H23N5O/c16-18-15(21)14-6-1-4-12(17-14)10-19-7-3-9-20-8-2-5-13(20)11-19/h1,4,6,13H,2-3,5,7-11,16H2,(H,18,21). The zero-order valence-corrected chi connectivity index (χ0v) is 12.3. The Morgan fingerprint density at radius 1 is 1.33 bits per heavy atom. The number of pyridine rings is 1. The molecule has 2 aliphatic heterocycles. The molecule has 3 N–H and O–H groups in total. The lowest BCUT2D eigenvalue weighted by Crippen LogP contribution is -2.36. The number of hydrazine groups is 1. The Balaban J connectivity index is 1.66. The maximum atomic E-state index is 11.5. The Bertz CT molecular complexity index is 507. The molecule has 2 aliphatic rings. The van der Waals surface area contributed by atoms with Crippen LogP contribution in [0.1, 0.15) is 35.4 Å². The third-order valence-corrected chi connectivity index (χ3v) is 4.44. The normalized spacial score (nSPS) is 23.6. The fraction of sp³-hybridized carbons (Fsp3) is 0.600. The van der Waals surface area contributed by atoms with Crippen molar-refractivity contribution in [3.8, 4) is 0 Å². The minimum Gasteiger partial charge on any atom is -0.299 e. The molecule has 1 aromatic heterocycles. The van der Waals surface area contributed by atoms with E-state index in [9.17, 15) is 4.79 Å². The molecule has 0 bridgehead atoms. The quantitative estimate of drug-likeness (QED) is 0.477. The van der Waals surface area contributed by atoms with Crippen molar-refractivity contribution in [1.82, 2.24) is 20.2 Å². The molecular weight excluding hydrogens is 266 g/mol. The molecule has 0 aliphatic carbocycles. The lowest BCUT2D eigenvalue weighted by Gasteiger charge is -2.25. The smallest absolute Gasteiger partial charge is 0.283 e. The molecule has 1 amide bonds. The summed E-state index contributed by atoms with van der Waals surface area (Å²) in [6.07, 6.45) is 3.84. The Hall–Kier alpha value is -1.50. The van der Waals surface area contributed by atoms with Crippen molar-refractivity contribution in [2.24, 2.45) is 5.84 Å². The van der Waals surface area contributed by atoms with E-state index in [4.69, 9.17) is 5.84 Å². The maximum absolute atomic E-state index is 11.5. The lowest BCUT2D eigenvalue weighted by atomic mass is 10.2. The Morgan fingerprint density at radius 3 is 3.05 bits per heavy atom. The molecule has 0 spiro atoms. The van der Waals surface area contributed by atoms with Crippen LogP contribution in [0.4, 0.5) is 0 Å². The Kier molecular flexibility index (Phi) is 4.48. The van der Waals surface area contributed by atoms with Gasteiger partial charge in [0.2, 0.25) is 0 Å². The highest BCUT2D eigenvalue weighted by molar-refractivity contribution is 5.91. The van der Waals surface area contributed by atoms with Crippen molar-refractivity contribution < 1.29 is 4.79 Å². The van der Waals surface area contributed by atoms with Crippen LogP contribution < -0.4 is 11.3 Å². The van der Waals surface area contributed by atoms with Crippen molar-refractivity contribution in [2.75, 3.05) is 26.2 Å². The number of hydrogen-bond donors (Lipinski definition) is 2. The van der Waals surface area contributed by atoms with Crippen LogP contribution in [0.2, 0.25) is 0 Å². The predicted molar refractivity (Wildman–Crippen MR) is 80.4 cm³/mol. The van der Waals surface area contributed by atoms with Gasteiger partial charge < -0.3 is 0 Å². The van der Waals surface area contributed by atoms with Gasteiger partial charge in [-0.05, 0) is 51.0 Å². The monoisotopic (exact) mass is 289 g/mol. The van der Waals surface area contributed by atoms with Crippen molar-refractivity contribution in [1.29, 1.82) is 0 Å². The molecule has 6 heteroatoms. The zero-order chi connectivity index (χ0) is 14.7. The van der Waals surface area contributed by atoms with Crippen LogP contribution in [0.15, 0.2) is 18.2 Å². The first-order valence-electron chi connectivity index (χ1n) is 7.69. The average molecular weight is 289 g/mol. The summed E-state index contributed by atoms with van der Waals surface area (Å²) in [5, 5.41) is 0. The number of carbonyl (C=O) groups is 1. The van der Waals surface area contributed by atoms with E-state index in [0.29, 0.717) is 11.7 Å². The summed E-state index contributed by atoms with van der Waals surface area (Å²) >= 11 is 0. The van der Waals surface area contributed by atoms with Crippen LogP contribution in [0.5, 0.6) is 0 Å². The first kappa shape index (κ1) is 14.4. The zero-order valence-electron chi connectivity index (χ0n) is 12.3. The van der Waals surface area contributed by atoms with E-state index >= 15 is 0 Å². The summed E-state index contributed by atoms with van der Waals surface area (Å²) in [6, 6.07) is 6.23. The summed E-state index contributed by atoms with van der Waals surface area (Å²) in [7, 11) is 0. The number of carbonyl (C=O) groups excluding carboxylic acids is 1. The molecule has 2 saturated heterocycles. The van der Waals surface area contributed by atoms with E-state index in [1.165, 1.54) is 32.4 Å². The number of nitrogens with two attached hydrogens (primary N) is 1. The molecule has 114 valence electrons. The van der Waals surface area contributed by atoms with Gasteiger partial charge in [0.25, 0.3) is 5.91 Å². The molecule has 6 nitrogen and oxygen atoms in total. The largest absolute Gasteiger partial charge is 0.299 e. The Morgan fingerprint density at radius 2 is 2.19 bits per heavy atom. The number of aromatic nitrogens is 1. The first-order chi connectivity index (χ1) is 10.3. The van der Waals surface area contributed by atoms with Crippen molar-refractivity contribution in [3.63, 3.8) is 0 Å². The molecule has 1 aromatic rings. The minimum absolute atomic E-state index is 0.338. The molecule has 2 fully saturated rings. The van der Waals surface area contributed by atoms with Gasteiger partial charge in [-0.2, -0.15) is 0 Å². The van der Waals surface area contributed by atoms with Gasteiger partial charge in [-0.15, -0.1) is 0 Å². The van der Waals surface area contributed by atoms with E-state index in [1.807, 2.05) is 12.1 Å². The number of nitrogen functional groups attached to an aromatic ring is 1. The van der Waals surface area contributed by atoms with Gasteiger partial charge in [-0.1, -0.05) is 6.07 Å². The van der Waals surface area contributed by atoms with Gasteiger partial charge >= 0.3 is 0 Å². The van der Waals surface area contributed by atoms with E-state index in [2.05, 4.69) is 20.2 Å². The number of hydrogen-bond acceptors (Lipinski definition) is 5. The molecule has 0 saturated carbocycles. The van der Waals surface area contributed by atoms with Crippen LogP contribution in [0.25, 0.3) is 0 Å². The van der Waals surface area contributed by atoms with Crippen LogP contribution in [0, 0.1) is 0 Å². The fourth-order valence-corrected chi connectivity index (χ4v) is 3.42. The topological polar surface area (TPSA) is 74.5 Å². The van der Waals surface area contributed by atoms with Gasteiger partial charge in [-0.25, -0.2) is 10.8 Å². The van der Waals surface area contributed by atoms with E-state index in [1.54, 1.807) is 6.07 Å². The summed E-state index contributed by atoms with van der Waals surface area (Å²) in [4.78, 5) is 21.0. The number of fused-ring (bicyclic) bond motifs is 1. The highest BCUT2D eigenvalue weighted by Crippen LogP contribution is 2.22. The number of nitrogens with zero attached hydrogens (tertiary/aromatic N) is 3. The molecule has 3 heterocycles. The van der Waals surface area contributed by atoms with Crippen LogP contribution in [-0.4, -0.2) is 52.9 Å². The van der Waals surface area contributed by atoms with Gasteiger partial charge in [-0.3, -0.25) is 20.0 Å². The van der Waals surface area contributed by atoms with Gasteiger partial charge in [0.05, 0.1) is 5.69 Å². The first-order valence-corrected chi connectivity index (χ1v) is 7.69. The number of nitrogens with one attached hydrogen (secondary N) is 1. The predicted octanol–water partition coefficient (Wildman–Crippen LogP) is 0.355. The SMILES string of the molecule is NNC(=O)c1cccc(CN2CCCN3CCCC3C2)n1. The second-order valence-electron chi connectivity index (χ2n) is 5.91. The van der Waals surface area contributed by atoms with Crippen LogP contribution >= 0.6 is 0 Å². The number of amides is 1. The van der Waals surface area contributed by atoms with Gasteiger partial charge in [0.1, 0.15) is 5.69 Å². The maximum Gasteiger partial charge on any atom is 0.283 e. The van der Waals surface area contributed by atoms with Crippen molar-refractivity contribution in [2.45, 2.75) is 31.8 Å². The van der Waals surface area contributed by atoms with Crippen molar-refractivity contribution >= 4 is 5.91 Å². The third kappa shape index (κ3) is 3.40. The summed E-state index contributed by atoms with van der Waals surface area (Å²) < 4.78 is 0. The summed E-state index contributed by atoms with van der Waals surface area (Å²) in [6.45, 7) is 5.47. The van der Waals surface area contributed by atoms with E-state index in [-0.39, 0.29) is 5.91 Å². The highest BCUT2D eigenvalue weighted by atomic mass is 16.2. The second-order valence-corrected chi connectivity index (χ2v) is 5.91. The third-order valence-electron chi connectivity index (χ3n) is 4.44. The molecule has 21 heavy (non-hydrogen) atoms. The van der Waals surface area contributed by atoms with E-state index in [0.717, 1.165) is 25.3 Å². The molecule has 1 unspecified atom stereocenters. The number of rotatable bonds is 3. The summed E-state index contributed by atoms with van der Waals surface area (Å²) in [5.74, 6) is 4.82. The van der Waals surface area contributed by atoms with Gasteiger partial charge in [0.15, 0.2) is 0 Å². The minimum atomic E-state index is -0.338. The summed E-state index contributed by atoms with van der Waals surface area (Å²) in [5.41, 5.74) is 3.45. The van der Waals surface area contributed by atoms with Crippen LogP contribution in [0.3, 0.4) is 0 Å². The van der Waals surface area contributed by atoms with Crippen LogP contribution in [-0.2, 0) is 6.54 Å². The molecule has 0 aromatic carbocycles.